The van der Waals surface area contributed by atoms with Gasteiger partial charge >= 0.3 is 0 Å². The fourth-order valence-electron chi connectivity index (χ4n) is 2.10. The number of carbonyl (C=O) groups excluding carboxylic acids is 1. The molecule has 1 heterocycles. The molecule has 1 aromatic carbocycles. The predicted octanol–water partition coefficient (Wildman–Crippen LogP) is 2.20. The summed E-state index contributed by atoms with van der Waals surface area (Å²) in [5.74, 6) is 2.24. The molecule has 0 spiro atoms. The van der Waals surface area contributed by atoms with Crippen LogP contribution in [0, 0.1) is 6.92 Å². The van der Waals surface area contributed by atoms with E-state index in [1.807, 2.05) is 30.8 Å². The second-order valence-corrected chi connectivity index (χ2v) is 5.62. The number of thioether (sulfide) groups is 1. The van der Waals surface area contributed by atoms with Crippen LogP contribution in [0.3, 0.4) is 0 Å². The fourth-order valence-corrected chi connectivity index (χ4v) is 3.21. The number of carbonyl (C=O) groups is 1. The first-order chi connectivity index (χ1) is 8.18. The van der Waals surface area contributed by atoms with Crippen LogP contribution in [-0.2, 0) is 0 Å². The van der Waals surface area contributed by atoms with Gasteiger partial charge in [0.25, 0.3) is 5.91 Å². The number of nitrogen functional groups attached to an aromatic ring is 1. The molecular formula is C13H18N2OS. The maximum absolute atomic E-state index is 12.2. The van der Waals surface area contributed by atoms with Crippen LogP contribution in [0.5, 0.6) is 0 Å². The molecule has 3 N–H and O–H groups in total. The highest BCUT2D eigenvalue weighted by Gasteiger charge is 2.19. The van der Waals surface area contributed by atoms with Crippen LogP contribution in [0.4, 0.5) is 5.69 Å². The average Bonchev–Trinajstić information content (AvgIpc) is 2.30. The van der Waals surface area contributed by atoms with Crippen molar-refractivity contribution >= 4 is 23.4 Å². The van der Waals surface area contributed by atoms with Crippen LogP contribution in [0.15, 0.2) is 18.2 Å². The minimum absolute atomic E-state index is 0.0301. The Bertz CT molecular complexity index is 394. The quantitative estimate of drug-likeness (QED) is 0.791. The van der Waals surface area contributed by atoms with Crippen molar-refractivity contribution in [3.8, 4) is 0 Å². The van der Waals surface area contributed by atoms with E-state index in [1.165, 1.54) is 0 Å². The van der Waals surface area contributed by atoms with Crippen molar-refractivity contribution in [3.05, 3.63) is 29.3 Å². The molecule has 4 heteroatoms. The zero-order valence-corrected chi connectivity index (χ0v) is 10.8. The third kappa shape index (κ3) is 2.94. The summed E-state index contributed by atoms with van der Waals surface area (Å²) in [6.07, 6.45) is 2.12. The van der Waals surface area contributed by atoms with Crippen molar-refractivity contribution in [2.45, 2.75) is 25.8 Å². The van der Waals surface area contributed by atoms with E-state index in [1.54, 1.807) is 6.07 Å². The van der Waals surface area contributed by atoms with Crippen molar-refractivity contribution in [2.75, 3.05) is 17.2 Å². The number of hydrogen-bond donors (Lipinski definition) is 2. The fraction of sp³-hybridized carbons (Fsp3) is 0.462. The van der Waals surface area contributed by atoms with Crippen molar-refractivity contribution < 1.29 is 4.79 Å². The molecule has 92 valence electrons. The first kappa shape index (κ1) is 12.3. The van der Waals surface area contributed by atoms with Gasteiger partial charge in [-0.2, -0.15) is 11.8 Å². The molecule has 3 nitrogen and oxygen atoms in total. The van der Waals surface area contributed by atoms with Gasteiger partial charge < -0.3 is 11.1 Å². The van der Waals surface area contributed by atoms with Gasteiger partial charge in [0.1, 0.15) is 0 Å². The Labute approximate surface area is 106 Å². The van der Waals surface area contributed by atoms with Gasteiger partial charge in [-0.05, 0) is 42.9 Å². The highest BCUT2D eigenvalue weighted by molar-refractivity contribution is 7.99. The van der Waals surface area contributed by atoms with Crippen molar-refractivity contribution in [1.82, 2.24) is 5.32 Å². The van der Waals surface area contributed by atoms with Gasteiger partial charge in [-0.15, -0.1) is 0 Å². The molecule has 0 unspecified atom stereocenters. The molecule has 0 radical (unpaired) electrons. The minimum atomic E-state index is -0.0301. The second kappa shape index (κ2) is 5.45. The Morgan fingerprint density at radius 3 is 2.76 bits per heavy atom. The molecule has 1 aliphatic rings. The summed E-state index contributed by atoms with van der Waals surface area (Å²) in [6, 6.07) is 5.88. The molecule has 0 aromatic heterocycles. The Kier molecular flexibility index (Phi) is 3.94. The number of aryl methyl sites for hydroxylation is 1. The van der Waals surface area contributed by atoms with E-state index in [-0.39, 0.29) is 5.91 Å². The predicted molar refractivity (Wildman–Crippen MR) is 73.4 cm³/mol. The average molecular weight is 250 g/mol. The number of amides is 1. The maximum atomic E-state index is 12.2. The zero-order chi connectivity index (χ0) is 12.3. The molecule has 1 aliphatic heterocycles. The Morgan fingerprint density at radius 2 is 2.12 bits per heavy atom. The van der Waals surface area contributed by atoms with Gasteiger partial charge in [-0.25, -0.2) is 0 Å². The molecule has 1 amide bonds. The molecule has 17 heavy (non-hydrogen) atoms. The van der Waals surface area contributed by atoms with Crippen LogP contribution in [0.1, 0.15) is 28.8 Å². The number of nitrogens with two attached hydrogens (primary N) is 1. The molecule has 1 aromatic rings. The summed E-state index contributed by atoms with van der Waals surface area (Å²) in [7, 11) is 0. The lowest BCUT2D eigenvalue weighted by Gasteiger charge is -2.23. The number of hydrogen-bond acceptors (Lipinski definition) is 3. The highest BCUT2D eigenvalue weighted by Crippen LogP contribution is 2.20. The summed E-state index contributed by atoms with van der Waals surface area (Å²) in [5.41, 5.74) is 7.99. The standard InChI is InChI=1S/C13H18N2OS/c1-9-3-2-4-11(14)12(9)13(16)15-10-5-7-17-8-6-10/h2-4,10H,5-8,14H2,1H3,(H,15,16). The van der Waals surface area contributed by atoms with E-state index in [0.29, 0.717) is 17.3 Å². The minimum Gasteiger partial charge on any atom is -0.398 e. The van der Waals surface area contributed by atoms with Crippen molar-refractivity contribution in [2.24, 2.45) is 0 Å². The molecule has 0 bridgehead atoms. The number of benzene rings is 1. The van der Waals surface area contributed by atoms with Crippen molar-refractivity contribution in [3.63, 3.8) is 0 Å². The van der Waals surface area contributed by atoms with E-state index in [0.717, 1.165) is 29.9 Å². The van der Waals surface area contributed by atoms with Gasteiger partial charge in [0, 0.05) is 11.7 Å². The zero-order valence-electron chi connectivity index (χ0n) is 10.0. The largest absolute Gasteiger partial charge is 0.398 e. The van der Waals surface area contributed by atoms with Crippen LogP contribution in [0.2, 0.25) is 0 Å². The molecule has 0 aliphatic carbocycles. The Morgan fingerprint density at radius 1 is 1.41 bits per heavy atom. The van der Waals surface area contributed by atoms with E-state index in [9.17, 15) is 4.79 Å². The Balaban J connectivity index is 2.08. The third-order valence-electron chi connectivity index (χ3n) is 3.09. The summed E-state index contributed by atoms with van der Waals surface area (Å²) >= 11 is 1.95. The smallest absolute Gasteiger partial charge is 0.253 e. The number of nitrogens with one attached hydrogen (secondary N) is 1. The molecule has 2 rings (SSSR count). The van der Waals surface area contributed by atoms with Gasteiger partial charge in [0.2, 0.25) is 0 Å². The number of rotatable bonds is 2. The molecule has 1 saturated heterocycles. The lowest BCUT2D eigenvalue weighted by atomic mass is 10.0. The van der Waals surface area contributed by atoms with Gasteiger partial charge in [-0.3, -0.25) is 4.79 Å². The lowest BCUT2D eigenvalue weighted by molar-refractivity contribution is 0.0935. The van der Waals surface area contributed by atoms with Gasteiger partial charge in [0.15, 0.2) is 0 Å². The summed E-state index contributed by atoms with van der Waals surface area (Å²) in [5, 5.41) is 3.08. The first-order valence-electron chi connectivity index (χ1n) is 5.92. The summed E-state index contributed by atoms with van der Waals surface area (Å²) in [6.45, 7) is 1.92. The molecule has 1 fully saturated rings. The summed E-state index contributed by atoms with van der Waals surface area (Å²) < 4.78 is 0. The van der Waals surface area contributed by atoms with Gasteiger partial charge in [-0.1, -0.05) is 12.1 Å². The topological polar surface area (TPSA) is 55.1 Å². The molecular weight excluding hydrogens is 232 g/mol. The van der Waals surface area contributed by atoms with Crippen molar-refractivity contribution in [1.29, 1.82) is 0 Å². The maximum Gasteiger partial charge on any atom is 0.253 e. The SMILES string of the molecule is Cc1cccc(N)c1C(=O)NC1CCSCC1. The molecule has 0 atom stereocenters. The Hall–Kier alpha value is -1.16. The lowest BCUT2D eigenvalue weighted by Crippen LogP contribution is -2.37. The van der Waals surface area contributed by atoms with E-state index < -0.39 is 0 Å². The normalized spacial score (nSPS) is 16.8. The van der Waals surface area contributed by atoms with E-state index in [2.05, 4.69) is 5.32 Å². The first-order valence-corrected chi connectivity index (χ1v) is 7.07. The van der Waals surface area contributed by atoms with E-state index >= 15 is 0 Å². The summed E-state index contributed by atoms with van der Waals surface area (Å²) in [4.78, 5) is 12.2. The van der Waals surface area contributed by atoms with Gasteiger partial charge in [0.05, 0.1) is 5.56 Å². The van der Waals surface area contributed by atoms with Crippen LogP contribution in [0.25, 0.3) is 0 Å². The molecule has 0 saturated carbocycles. The third-order valence-corrected chi connectivity index (χ3v) is 4.14. The number of anilines is 1. The second-order valence-electron chi connectivity index (χ2n) is 4.40. The monoisotopic (exact) mass is 250 g/mol. The van der Waals surface area contributed by atoms with E-state index in [4.69, 9.17) is 5.73 Å². The highest BCUT2D eigenvalue weighted by atomic mass is 32.2. The van der Waals surface area contributed by atoms with Crippen LogP contribution in [-0.4, -0.2) is 23.5 Å². The van der Waals surface area contributed by atoms with Crippen LogP contribution >= 0.6 is 11.8 Å². The van der Waals surface area contributed by atoms with Crippen LogP contribution < -0.4 is 11.1 Å².